The van der Waals surface area contributed by atoms with E-state index in [9.17, 15) is 4.79 Å². The molecular formula is C13H12BrNOS. The number of nitrogens with zero attached hydrogens (tertiary/aromatic N) is 1. The molecule has 0 N–H and O–H groups in total. The van der Waals surface area contributed by atoms with E-state index in [1.807, 2.05) is 30.3 Å². The molecule has 0 aliphatic heterocycles. The van der Waals surface area contributed by atoms with Gasteiger partial charge in [0.15, 0.2) is 0 Å². The Labute approximate surface area is 113 Å². The number of carbonyl (C=O) groups is 1. The van der Waals surface area contributed by atoms with Crippen molar-refractivity contribution in [1.82, 2.24) is 4.98 Å². The van der Waals surface area contributed by atoms with E-state index < -0.39 is 0 Å². The number of Topliss-reactive ketones (excluding diaryl/α,β-unsaturated/α-hetero) is 1. The summed E-state index contributed by atoms with van der Waals surface area (Å²) in [5, 5.41) is 0. The third kappa shape index (κ3) is 4.06. The fourth-order valence-corrected chi connectivity index (χ4v) is 3.05. The van der Waals surface area contributed by atoms with E-state index in [0.717, 1.165) is 20.8 Å². The number of pyridine rings is 1. The Morgan fingerprint density at radius 2 is 2.18 bits per heavy atom. The van der Waals surface area contributed by atoms with Crippen LogP contribution in [0.3, 0.4) is 0 Å². The van der Waals surface area contributed by atoms with Crippen molar-refractivity contribution in [2.45, 2.75) is 19.3 Å². The van der Waals surface area contributed by atoms with E-state index in [2.05, 4.69) is 20.9 Å². The minimum Gasteiger partial charge on any atom is -0.299 e. The molecule has 0 saturated carbocycles. The van der Waals surface area contributed by atoms with Gasteiger partial charge < -0.3 is 0 Å². The third-order valence-electron chi connectivity index (χ3n) is 2.39. The number of aryl methyl sites for hydroxylation is 1. The minimum atomic E-state index is 0.269. The van der Waals surface area contributed by atoms with Crippen LogP contribution >= 0.6 is 27.3 Å². The summed E-state index contributed by atoms with van der Waals surface area (Å²) < 4.78 is 1.07. The van der Waals surface area contributed by atoms with E-state index in [4.69, 9.17) is 0 Å². The van der Waals surface area contributed by atoms with Gasteiger partial charge >= 0.3 is 0 Å². The predicted octanol–water partition coefficient (Wildman–Crippen LogP) is 3.65. The maximum absolute atomic E-state index is 11.8. The third-order valence-corrected chi connectivity index (χ3v) is 4.01. The molecule has 0 unspecified atom stereocenters. The molecular weight excluding hydrogens is 298 g/mol. The molecule has 0 spiro atoms. The van der Waals surface area contributed by atoms with Crippen molar-refractivity contribution < 1.29 is 4.79 Å². The number of hydrogen-bond acceptors (Lipinski definition) is 3. The second-order valence-electron chi connectivity index (χ2n) is 3.74. The summed E-state index contributed by atoms with van der Waals surface area (Å²) in [6.45, 7) is 0. The lowest BCUT2D eigenvalue weighted by Gasteiger charge is -1.99. The van der Waals surface area contributed by atoms with Crippen LogP contribution in [0.4, 0.5) is 0 Å². The molecule has 2 heterocycles. The number of halogens is 1. The van der Waals surface area contributed by atoms with Gasteiger partial charge in [0.1, 0.15) is 5.78 Å². The monoisotopic (exact) mass is 309 g/mol. The highest BCUT2D eigenvalue weighted by Crippen LogP contribution is 2.22. The summed E-state index contributed by atoms with van der Waals surface area (Å²) in [5.74, 6) is 0.269. The molecule has 0 aliphatic rings. The summed E-state index contributed by atoms with van der Waals surface area (Å²) in [6.07, 6.45) is 3.58. The normalized spacial score (nSPS) is 10.4. The Hall–Kier alpha value is -1.000. The van der Waals surface area contributed by atoms with E-state index in [0.29, 0.717) is 12.8 Å². The maximum Gasteiger partial charge on any atom is 0.138 e. The van der Waals surface area contributed by atoms with Gasteiger partial charge in [0, 0.05) is 29.6 Å². The first kappa shape index (κ1) is 12.5. The number of hydrogen-bond donors (Lipinski definition) is 0. The van der Waals surface area contributed by atoms with Gasteiger partial charge in [0.25, 0.3) is 0 Å². The molecule has 88 valence electrons. The number of carbonyl (C=O) groups excluding carboxylic acids is 1. The SMILES string of the molecule is O=C(CCc1ccccn1)Cc1ccc(Br)s1. The summed E-state index contributed by atoms with van der Waals surface area (Å²) in [5.41, 5.74) is 0.980. The van der Waals surface area contributed by atoms with Gasteiger partial charge in [0.2, 0.25) is 0 Å². The van der Waals surface area contributed by atoms with Crippen molar-refractivity contribution in [2.24, 2.45) is 0 Å². The zero-order valence-electron chi connectivity index (χ0n) is 9.23. The van der Waals surface area contributed by atoms with E-state index in [-0.39, 0.29) is 5.78 Å². The second-order valence-corrected chi connectivity index (χ2v) is 6.29. The molecule has 0 fully saturated rings. The summed E-state index contributed by atoms with van der Waals surface area (Å²) >= 11 is 5.01. The largest absolute Gasteiger partial charge is 0.299 e. The Bertz CT molecular complexity index is 495. The van der Waals surface area contributed by atoms with E-state index in [1.54, 1.807) is 17.5 Å². The van der Waals surface area contributed by atoms with Gasteiger partial charge in [-0.15, -0.1) is 11.3 Å². The first-order valence-corrected chi connectivity index (χ1v) is 7.01. The van der Waals surface area contributed by atoms with Gasteiger partial charge in [-0.2, -0.15) is 0 Å². The van der Waals surface area contributed by atoms with Crippen LogP contribution in [0.15, 0.2) is 40.3 Å². The molecule has 0 amide bonds. The molecule has 0 aromatic carbocycles. The topological polar surface area (TPSA) is 30.0 Å². The summed E-state index contributed by atoms with van der Waals surface area (Å²) in [6, 6.07) is 9.76. The lowest BCUT2D eigenvalue weighted by atomic mass is 10.1. The van der Waals surface area contributed by atoms with Gasteiger partial charge in [-0.05, 0) is 46.6 Å². The van der Waals surface area contributed by atoms with Crippen LogP contribution < -0.4 is 0 Å². The number of thiophene rings is 1. The Morgan fingerprint density at radius 3 is 2.82 bits per heavy atom. The van der Waals surface area contributed by atoms with Crippen molar-refractivity contribution in [3.8, 4) is 0 Å². The molecule has 0 atom stereocenters. The molecule has 17 heavy (non-hydrogen) atoms. The zero-order chi connectivity index (χ0) is 12.1. The highest BCUT2D eigenvalue weighted by atomic mass is 79.9. The minimum absolute atomic E-state index is 0.269. The van der Waals surface area contributed by atoms with Gasteiger partial charge in [0.05, 0.1) is 3.79 Å². The second kappa shape index (κ2) is 6.07. The van der Waals surface area contributed by atoms with Crippen molar-refractivity contribution in [3.63, 3.8) is 0 Å². The lowest BCUT2D eigenvalue weighted by molar-refractivity contribution is -0.118. The van der Waals surface area contributed by atoms with Crippen molar-refractivity contribution >= 4 is 33.0 Å². The fourth-order valence-electron chi connectivity index (χ4n) is 1.54. The van der Waals surface area contributed by atoms with Gasteiger partial charge in [-0.25, -0.2) is 0 Å². The average molecular weight is 310 g/mol. The van der Waals surface area contributed by atoms with Crippen LogP contribution in [0.1, 0.15) is 17.0 Å². The Morgan fingerprint density at radius 1 is 1.29 bits per heavy atom. The first-order valence-electron chi connectivity index (χ1n) is 5.40. The van der Waals surface area contributed by atoms with Crippen molar-refractivity contribution in [1.29, 1.82) is 0 Å². The molecule has 2 aromatic rings. The average Bonchev–Trinajstić information content (AvgIpc) is 2.73. The molecule has 2 rings (SSSR count). The number of aromatic nitrogens is 1. The maximum atomic E-state index is 11.8. The summed E-state index contributed by atoms with van der Waals surface area (Å²) in [7, 11) is 0. The van der Waals surface area contributed by atoms with E-state index >= 15 is 0 Å². The Balaban J connectivity index is 1.82. The van der Waals surface area contributed by atoms with E-state index in [1.165, 1.54) is 0 Å². The molecule has 0 saturated heterocycles. The van der Waals surface area contributed by atoms with Crippen LogP contribution in [0.2, 0.25) is 0 Å². The smallest absolute Gasteiger partial charge is 0.138 e. The van der Waals surface area contributed by atoms with Gasteiger partial charge in [-0.3, -0.25) is 9.78 Å². The molecule has 2 aromatic heterocycles. The quantitative estimate of drug-likeness (QED) is 0.844. The fraction of sp³-hybridized carbons (Fsp3) is 0.231. The number of rotatable bonds is 5. The first-order chi connectivity index (χ1) is 8.24. The molecule has 0 aliphatic carbocycles. The zero-order valence-corrected chi connectivity index (χ0v) is 11.6. The van der Waals surface area contributed by atoms with Crippen LogP contribution in [0, 0.1) is 0 Å². The van der Waals surface area contributed by atoms with Crippen molar-refractivity contribution in [3.05, 3.63) is 50.9 Å². The molecule has 2 nitrogen and oxygen atoms in total. The van der Waals surface area contributed by atoms with Crippen LogP contribution in [-0.2, 0) is 17.6 Å². The van der Waals surface area contributed by atoms with Crippen molar-refractivity contribution in [2.75, 3.05) is 0 Å². The lowest BCUT2D eigenvalue weighted by Crippen LogP contribution is -2.03. The van der Waals surface area contributed by atoms with Gasteiger partial charge in [-0.1, -0.05) is 6.07 Å². The predicted molar refractivity (Wildman–Crippen MR) is 73.3 cm³/mol. The summed E-state index contributed by atoms with van der Waals surface area (Å²) in [4.78, 5) is 17.1. The van der Waals surface area contributed by atoms with Crippen LogP contribution in [0.5, 0.6) is 0 Å². The molecule has 0 bridgehead atoms. The Kier molecular flexibility index (Phi) is 4.45. The van der Waals surface area contributed by atoms with Crippen LogP contribution in [0.25, 0.3) is 0 Å². The number of ketones is 1. The molecule has 4 heteroatoms. The highest BCUT2D eigenvalue weighted by molar-refractivity contribution is 9.11. The highest BCUT2D eigenvalue weighted by Gasteiger charge is 2.06. The molecule has 0 radical (unpaired) electrons. The standard InChI is InChI=1S/C13H12BrNOS/c14-13-7-6-12(17-13)9-11(16)5-4-10-3-1-2-8-15-10/h1-3,6-8H,4-5,9H2. The van der Waals surface area contributed by atoms with Crippen LogP contribution in [-0.4, -0.2) is 10.8 Å².